The Hall–Kier alpha value is -3.86. The SMILES string of the molecule is CC(C)(C(=O)Nc1ccc(N2CCOCC2)cc1)c1ccc2c(c1)NC(=O)c1ccc(B3OC(C)(C)C(C)(C)O3)cc1N2. The molecule has 0 spiro atoms. The van der Waals surface area contributed by atoms with Gasteiger partial charge in [0, 0.05) is 24.5 Å². The molecule has 9 nitrogen and oxygen atoms in total. The van der Waals surface area contributed by atoms with Crippen LogP contribution in [0.25, 0.3) is 0 Å². The van der Waals surface area contributed by atoms with E-state index in [1.807, 2.05) is 96.1 Å². The molecule has 3 heterocycles. The number of amides is 2. The molecule has 3 N–H and O–H groups in total. The maximum Gasteiger partial charge on any atom is 0.494 e. The lowest BCUT2D eigenvalue weighted by atomic mass is 9.78. The van der Waals surface area contributed by atoms with Crippen molar-refractivity contribution in [1.82, 2.24) is 0 Å². The molecule has 2 amide bonds. The van der Waals surface area contributed by atoms with E-state index in [0.29, 0.717) is 16.9 Å². The monoisotopic (exact) mass is 582 g/mol. The molecule has 0 bridgehead atoms. The number of ether oxygens (including phenoxy) is 1. The number of fused-ring (bicyclic) bond motifs is 2. The third-order valence-electron chi connectivity index (χ3n) is 9.14. The standard InChI is InChI=1S/C33H39BN4O5/c1-31(2,30(40)35-23-9-11-24(12-10-23)38-15-17-41-18-16-38)21-7-14-26-28(19-21)37-29(39)25-13-8-22(20-27(25)36-26)34-42-32(3,4)33(5,6)43-34/h7-14,19-20,36H,15-18H2,1-6H3,(H,35,40)(H,37,39). The topological polar surface area (TPSA) is 101 Å². The number of hydrogen-bond acceptors (Lipinski definition) is 7. The number of hydrogen-bond donors (Lipinski definition) is 3. The first kappa shape index (κ1) is 29.2. The molecule has 10 heteroatoms. The normalized spacial score (nSPS) is 19.1. The number of carbonyl (C=O) groups is 2. The first-order valence-corrected chi connectivity index (χ1v) is 14.8. The van der Waals surface area contributed by atoms with Gasteiger partial charge in [0.1, 0.15) is 0 Å². The summed E-state index contributed by atoms with van der Waals surface area (Å²) < 4.78 is 17.9. The molecular formula is C33H39BN4O5. The molecule has 0 aliphatic carbocycles. The summed E-state index contributed by atoms with van der Waals surface area (Å²) in [5.41, 5.74) is 4.15. The van der Waals surface area contributed by atoms with Gasteiger partial charge >= 0.3 is 7.12 Å². The first-order chi connectivity index (χ1) is 20.3. The van der Waals surface area contributed by atoms with Crippen molar-refractivity contribution in [1.29, 1.82) is 0 Å². The molecule has 0 atom stereocenters. The first-order valence-electron chi connectivity index (χ1n) is 14.8. The van der Waals surface area contributed by atoms with Gasteiger partial charge in [0.25, 0.3) is 5.91 Å². The average molecular weight is 583 g/mol. The smallest absolute Gasteiger partial charge is 0.399 e. The maximum absolute atomic E-state index is 13.5. The van der Waals surface area contributed by atoms with E-state index in [-0.39, 0.29) is 11.8 Å². The molecule has 6 rings (SSSR count). The minimum Gasteiger partial charge on any atom is -0.399 e. The zero-order chi connectivity index (χ0) is 30.6. The van der Waals surface area contributed by atoms with E-state index in [4.69, 9.17) is 14.0 Å². The van der Waals surface area contributed by atoms with Crippen molar-refractivity contribution in [3.8, 4) is 0 Å². The van der Waals surface area contributed by atoms with Crippen LogP contribution in [0.5, 0.6) is 0 Å². The van der Waals surface area contributed by atoms with Crippen molar-refractivity contribution in [2.45, 2.75) is 58.2 Å². The molecule has 3 aliphatic heterocycles. The number of nitrogens with one attached hydrogen (secondary N) is 3. The lowest BCUT2D eigenvalue weighted by Gasteiger charge is -2.32. The molecule has 3 aromatic carbocycles. The number of anilines is 5. The summed E-state index contributed by atoms with van der Waals surface area (Å²) in [6.45, 7) is 15.0. The fourth-order valence-electron chi connectivity index (χ4n) is 5.46. The van der Waals surface area contributed by atoms with Crippen LogP contribution < -0.4 is 26.3 Å². The molecule has 0 unspecified atom stereocenters. The molecule has 0 aromatic heterocycles. The highest BCUT2D eigenvalue weighted by atomic mass is 16.7. The Balaban J connectivity index is 1.19. The highest BCUT2D eigenvalue weighted by Crippen LogP contribution is 2.38. The summed E-state index contributed by atoms with van der Waals surface area (Å²) in [5, 5.41) is 9.50. The lowest BCUT2D eigenvalue weighted by molar-refractivity contribution is -0.120. The molecule has 3 aliphatic rings. The zero-order valence-corrected chi connectivity index (χ0v) is 25.7. The number of benzene rings is 3. The van der Waals surface area contributed by atoms with Gasteiger partial charge in [0.2, 0.25) is 5.91 Å². The van der Waals surface area contributed by atoms with E-state index in [2.05, 4.69) is 20.9 Å². The Morgan fingerprint density at radius 2 is 1.53 bits per heavy atom. The summed E-state index contributed by atoms with van der Waals surface area (Å²) >= 11 is 0. The Morgan fingerprint density at radius 3 is 2.21 bits per heavy atom. The van der Waals surface area contributed by atoms with E-state index in [1.165, 1.54) is 0 Å². The van der Waals surface area contributed by atoms with Crippen LogP contribution in [0.2, 0.25) is 0 Å². The molecular weight excluding hydrogens is 543 g/mol. The van der Waals surface area contributed by atoms with E-state index in [9.17, 15) is 9.59 Å². The largest absolute Gasteiger partial charge is 0.494 e. The van der Waals surface area contributed by atoms with Gasteiger partial charge in [-0.05, 0) is 101 Å². The van der Waals surface area contributed by atoms with Gasteiger partial charge in [-0.3, -0.25) is 9.59 Å². The van der Waals surface area contributed by atoms with Gasteiger partial charge in [-0.15, -0.1) is 0 Å². The third-order valence-corrected chi connectivity index (χ3v) is 9.14. The Bertz CT molecular complexity index is 1550. The van der Waals surface area contributed by atoms with Crippen LogP contribution in [-0.2, 0) is 24.3 Å². The van der Waals surface area contributed by atoms with Crippen LogP contribution >= 0.6 is 0 Å². The molecule has 0 radical (unpaired) electrons. The van der Waals surface area contributed by atoms with Crippen LogP contribution in [0.4, 0.5) is 28.4 Å². The summed E-state index contributed by atoms with van der Waals surface area (Å²) in [6, 6.07) is 19.1. The summed E-state index contributed by atoms with van der Waals surface area (Å²) in [5.74, 6) is -0.378. The van der Waals surface area contributed by atoms with E-state index in [1.54, 1.807) is 6.07 Å². The van der Waals surface area contributed by atoms with Crippen molar-refractivity contribution < 1.29 is 23.6 Å². The van der Waals surface area contributed by atoms with Crippen molar-refractivity contribution in [3.05, 3.63) is 71.8 Å². The fraction of sp³-hybridized carbons (Fsp3) is 0.394. The van der Waals surface area contributed by atoms with Crippen molar-refractivity contribution in [2.75, 3.05) is 47.2 Å². The molecule has 2 fully saturated rings. The predicted molar refractivity (Wildman–Crippen MR) is 171 cm³/mol. The van der Waals surface area contributed by atoms with Gasteiger partial charge in [-0.2, -0.15) is 0 Å². The fourth-order valence-corrected chi connectivity index (χ4v) is 5.46. The summed E-state index contributed by atoms with van der Waals surface area (Å²) in [4.78, 5) is 29.0. The van der Waals surface area contributed by atoms with E-state index >= 15 is 0 Å². The van der Waals surface area contributed by atoms with Crippen LogP contribution in [0.3, 0.4) is 0 Å². The van der Waals surface area contributed by atoms with Crippen LogP contribution in [0.15, 0.2) is 60.7 Å². The van der Waals surface area contributed by atoms with Gasteiger partial charge in [0.05, 0.1) is 52.5 Å². The van der Waals surface area contributed by atoms with Crippen molar-refractivity contribution in [3.63, 3.8) is 0 Å². The molecule has 0 saturated carbocycles. The summed E-state index contributed by atoms with van der Waals surface area (Å²) in [6.07, 6.45) is 0. The van der Waals surface area contributed by atoms with Gasteiger partial charge < -0.3 is 34.9 Å². The zero-order valence-electron chi connectivity index (χ0n) is 25.7. The Morgan fingerprint density at radius 1 is 0.860 bits per heavy atom. The lowest BCUT2D eigenvalue weighted by Crippen LogP contribution is -2.41. The predicted octanol–water partition coefficient (Wildman–Crippen LogP) is 5.05. The minimum atomic E-state index is -0.869. The number of carbonyl (C=O) groups excluding carboxylic acids is 2. The quantitative estimate of drug-likeness (QED) is 0.362. The molecule has 3 aromatic rings. The van der Waals surface area contributed by atoms with Crippen LogP contribution in [0.1, 0.15) is 57.5 Å². The molecule has 2 saturated heterocycles. The van der Waals surface area contributed by atoms with Crippen molar-refractivity contribution in [2.24, 2.45) is 0 Å². The van der Waals surface area contributed by atoms with E-state index < -0.39 is 23.7 Å². The van der Waals surface area contributed by atoms with E-state index in [0.717, 1.165) is 54.4 Å². The van der Waals surface area contributed by atoms with Gasteiger partial charge in [-0.1, -0.05) is 12.1 Å². The van der Waals surface area contributed by atoms with Gasteiger partial charge in [0.15, 0.2) is 0 Å². The maximum atomic E-state index is 13.5. The molecule has 43 heavy (non-hydrogen) atoms. The van der Waals surface area contributed by atoms with Crippen LogP contribution in [-0.4, -0.2) is 56.4 Å². The Kier molecular flexibility index (Phi) is 7.27. The number of morpholine rings is 1. The average Bonchev–Trinajstić information content (AvgIpc) is 3.11. The third kappa shape index (κ3) is 5.51. The number of nitrogens with zero attached hydrogens (tertiary/aromatic N) is 1. The second-order valence-corrected chi connectivity index (χ2v) is 13.0. The van der Waals surface area contributed by atoms with Crippen LogP contribution in [0, 0.1) is 0 Å². The molecule has 224 valence electrons. The summed E-state index contributed by atoms with van der Waals surface area (Å²) in [7, 11) is -0.542. The highest BCUT2D eigenvalue weighted by Gasteiger charge is 2.51. The Labute approximate surface area is 253 Å². The van der Waals surface area contributed by atoms with Gasteiger partial charge in [-0.25, -0.2) is 0 Å². The highest BCUT2D eigenvalue weighted by molar-refractivity contribution is 6.62. The second kappa shape index (κ2) is 10.7. The minimum absolute atomic E-state index is 0.144. The van der Waals surface area contributed by atoms with Crippen molar-refractivity contribution >= 4 is 52.8 Å². The second-order valence-electron chi connectivity index (χ2n) is 13.0. The number of rotatable bonds is 5.